The number of anilines is 3. The molecule has 0 atom stereocenters. The van der Waals surface area contributed by atoms with Crippen molar-refractivity contribution in [3.63, 3.8) is 0 Å². The van der Waals surface area contributed by atoms with Gasteiger partial charge in [-0.1, -0.05) is 114 Å². The predicted octanol–water partition coefficient (Wildman–Crippen LogP) is 14.7. The predicted molar refractivity (Wildman–Crippen MR) is 233 cm³/mol. The number of hydrogen-bond donors (Lipinski definition) is 0. The smallest absolute Gasteiger partial charge is 0.143 e. The van der Waals surface area contributed by atoms with E-state index in [4.69, 9.17) is 4.42 Å². The van der Waals surface area contributed by atoms with Crippen LogP contribution in [0.25, 0.3) is 82.1 Å². The molecule has 55 heavy (non-hydrogen) atoms. The van der Waals surface area contributed by atoms with Gasteiger partial charge in [0.15, 0.2) is 0 Å². The van der Waals surface area contributed by atoms with Gasteiger partial charge < -0.3 is 13.9 Å². The van der Waals surface area contributed by atoms with Crippen molar-refractivity contribution in [3.8, 4) is 16.8 Å². The summed E-state index contributed by atoms with van der Waals surface area (Å²) in [5.74, 6) is 0. The van der Waals surface area contributed by atoms with Crippen LogP contribution in [0.15, 0.2) is 186 Å². The third-order valence-electron chi connectivity index (χ3n) is 11.3. The molecule has 0 amide bonds. The summed E-state index contributed by atoms with van der Waals surface area (Å²) >= 11 is 0. The Balaban J connectivity index is 1.14. The Labute approximate surface area is 318 Å². The Bertz CT molecular complexity index is 3220. The van der Waals surface area contributed by atoms with E-state index in [0.29, 0.717) is 0 Å². The quantitative estimate of drug-likeness (QED) is 0.178. The number of hydrogen-bond acceptors (Lipinski definition) is 2. The molecule has 3 nitrogen and oxygen atoms in total. The molecule has 0 radical (unpaired) electrons. The summed E-state index contributed by atoms with van der Waals surface area (Å²) in [5, 5.41) is 9.46. The molecule has 11 rings (SSSR count). The van der Waals surface area contributed by atoms with Gasteiger partial charge in [0.2, 0.25) is 0 Å². The van der Waals surface area contributed by atoms with Crippen LogP contribution in [0.1, 0.15) is 11.1 Å². The van der Waals surface area contributed by atoms with E-state index < -0.39 is 0 Å². The van der Waals surface area contributed by atoms with E-state index in [1.807, 2.05) is 6.07 Å². The van der Waals surface area contributed by atoms with Crippen LogP contribution in [0.2, 0.25) is 0 Å². The highest BCUT2D eigenvalue weighted by atomic mass is 16.3. The molecule has 0 aliphatic carbocycles. The fourth-order valence-corrected chi connectivity index (χ4v) is 8.68. The molecule has 2 aromatic heterocycles. The fraction of sp³-hybridized carbons (Fsp3) is 0.0385. The van der Waals surface area contributed by atoms with Gasteiger partial charge in [0.1, 0.15) is 11.2 Å². The summed E-state index contributed by atoms with van der Waals surface area (Å²) in [4.78, 5) is 2.40. The number of aryl methyl sites for hydroxylation is 2. The molecule has 0 N–H and O–H groups in total. The first-order chi connectivity index (χ1) is 27.1. The number of nitrogens with zero attached hydrogens (tertiary/aromatic N) is 2. The minimum atomic E-state index is 0.903. The molecule has 9 aromatic carbocycles. The molecule has 0 saturated carbocycles. The molecular formula is C52H36N2O. The van der Waals surface area contributed by atoms with Crippen LogP contribution in [-0.2, 0) is 0 Å². The lowest BCUT2D eigenvalue weighted by Gasteiger charge is -2.28. The van der Waals surface area contributed by atoms with Gasteiger partial charge in [0.05, 0.1) is 16.7 Å². The Morgan fingerprint density at radius 1 is 0.436 bits per heavy atom. The second-order valence-corrected chi connectivity index (χ2v) is 14.7. The van der Waals surface area contributed by atoms with Crippen molar-refractivity contribution in [3.05, 3.63) is 193 Å². The monoisotopic (exact) mass is 704 g/mol. The molecule has 0 unspecified atom stereocenters. The lowest BCUT2D eigenvalue weighted by atomic mass is 9.96. The SMILES string of the molecule is Cc1ccc2c(c1)c1cc(C)ccc1n2-c1ccc(N(c2ccc3ccc4c5ccccc5oc4c3c2)c2ccc(-c3ccccc3)c3ccccc23)cc1. The fourth-order valence-electron chi connectivity index (χ4n) is 8.68. The molecular weight excluding hydrogens is 669 g/mol. The Kier molecular flexibility index (Phi) is 6.99. The largest absolute Gasteiger partial charge is 0.455 e. The highest BCUT2D eigenvalue weighted by Crippen LogP contribution is 2.44. The van der Waals surface area contributed by atoms with E-state index in [-0.39, 0.29) is 0 Å². The molecule has 2 heterocycles. The van der Waals surface area contributed by atoms with Crippen LogP contribution >= 0.6 is 0 Å². The number of rotatable bonds is 5. The molecule has 260 valence electrons. The van der Waals surface area contributed by atoms with E-state index in [9.17, 15) is 0 Å². The van der Waals surface area contributed by atoms with Gasteiger partial charge in [0.25, 0.3) is 0 Å². The van der Waals surface area contributed by atoms with Gasteiger partial charge in [0, 0.05) is 49.4 Å². The van der Waals surface area contributed by atoms with Crippen molar-refractivity contribution in [1.82, 2.24) is 4.57 Å². The maximum absolute atomic E-state index is 6.57. The molecule has 0 aliphatic heterocycles. The lowest BCUT2D eigenvalue weighted by molar-refractivity contribution is 0.672. The van der Waals surface area contributed by atoms with E-state index in [0.717, 1.165) is 55.5 Å². The highest BCUT2D eigenvalue weighted by Gasteiger charge is 2.20. The number of aromatic nitrogens is 1. The average molecular weight is 705 g/mol. The van der Waals surface area contributed by atoms with Gasteiger partial charge in [-0.3, -0.25) is 0 Å². The summed E-state index contributed by atoms with van der Waals surface area (Å²) in [5.41, 5.74) is 13.6. The van der Waals surface area contributed by atoms with Gasteiger partial charge >= 0.3 is 0 Å². The molecule has 0 saturated heterocycles. The molecule has 0 aliphatic rings. The van der Waals surface area contributed by atoms with Crippen LogP contribution < -0.4 is 4.90 Å². The molecule has 0 bridgehead atoms. The van der Waals surface area contributed by atoms with Crippen LogP contribution in [0.3, 0.4) is 0 Å². The van der Waals surface area contributed by atoms with Crippen molar-refractivity contribution in [2.75, 3.05) is 4.90 Å². The van der Waals surface area contributed by atoms with E-state index in [2.05, 4.69) is 199 Å². The summed E-state index contributed by atoms with van der Waals surface area (Å²) < 4.78 is 8.97. The van der Waals surface area contributed by atoms with Crippen LogP contribution in [0.4, 0.5) is 17.1 Å². The van der Waals surface area contributed by atoms with Gasteiger partial charge in [-0.05, 0) is 115 Å². The van der Waals surface area contributed by atoms with Crippen LogP contribution in [0, 0.1) is 13.8 Å². The zero-order valence-corrected chi connectivity index (χ0v) is 30.6. The Hall–Kier alpha value is -7.10. The van der Waals surface area contributed by atoms with E-state index >= 15 is 0 Å². The lowest BCUT2D eigenvalue weighted by Crippen LogP contribution is -2.11. The van der Waals surface area contributed by atoms with Gasteiger partial charge in [-0.25, -0.2) is 0 Å². The number of fused-ring (bicyclic) bond motifs is 9. The minimum Gasteiger partial charge on any atom is -0.455 e. The molecule has 0 spiro atoms. The van der Waals surface area contributed by atoms with Gasteiger partial charge in [-0.15, -0.1) is 0 Å². The first-order valence-electron chi connectivity index (χ1n) is 18.9. The summed E-state index contributed by atoms with van der Waals surface area (Å²) in [6.07, 6.45) is 0. The average Bonchev–Trinajstić information content (AvgIpc) is 3.77. The molecule has 3 heteroatoms. The normalized spacial score (nSPS) is 11.8. The number of furan rings is 1. The second-order valence-electron chi connectivity index (χ2n) is 14.7. The number of para-hydroxylation sites is 1. The Morgan fingerprint density at radius 3 is 1.82 bits per heavy atom. The molecule has 0 fully saturated rings. The summed E-state index contributed by atoms with van der Waals surface area (Å²) in [6, 6.07) is 66.1. The zero-order chi connectivity index (χ0) is 36.6. The highest BCUT2D eigenvalue weighted by molar-refractivity contribution is 6.16. The topological polar surface area (TPSA) is 21.3 Å². The van der Waals surface area contributed by atoms with Crippen molar-refractivity contribution in [1.29, 1.82) is 0 Å². The van der Waals surface area contributed by atoms with Crippen LogP contribution in [0.5, 0.6) is 0 Å². The number of benzene rings is 9. The second kappa shape index (κ2) is 12.2. The van der Waals surface area contributed by atoms with Crippen molar-refractivity contribution >= 4 is 82.4 Å². The van der Waals surface area contributed by atoms with Crippen molar-refractivity contribution in [2.45, 2.75) is 13.8 Å². The summed E-state index contributed by atoms with van der Waals surface area (Å²) in [7, 11) is 0. The third-order valence-corrected chi connectivity index (χ3v) is 11.3. The molecule has 11 aromatic rings. The minimum absolute atomic E-state index is 0.903. The maximum atomic E-state index is 6.57. The van der Waals surface area contributed by atoms with E-state index in [1.54, 1.807) is 0 Å². The first-order valence-corrected chi connectivity index (χ1v) is 18.9. The first kappa shape index (κ1) is 31.4. The van der Waals surface area contributed by atoms with Crippen molar-refractivity contribution in [2.24, 2.45) is 0 Å². The summed E-state index contributed by atoms with van der Waals surface area (Å²) in [6.45, 7) is 4.34. The Morgan fingerprint density at radius 2 is 1.07 bits per heavy atom. The van der Waals surface area contributed by atoms with E-state index in [1.165, 1.54) is 54.8 Å². The maximum Gasteiger partial charge on any atom is 0.143 e. The zero-order valence-electron chi connectivity index (χ0n) is 30.6. The third kappa shape index (κ3) is 4.97. The standard InChI is InChI=1S/C52H36N2O/c1-33-16-27-49-46(30-33)47-31-34(2)17-28-50(47)54(49)38-23-21-37(22-24-38)53(48-29-26-40(35-10-4-3-5-11-35)41-12-6-7-13-42(41)48)39-20-18-36-19-25-44-43-14-8-9-15-51(43)55-52(44)45(36)32-39/h3-32H,1-2H3. The van der Waals surface area contributed by atoms with Gasteiger partial charge in [-0.2, -0.15) is 0 Å². The van der Waals surface area contributed by atoms with Crippen molar-refractivity contribution < 1.29 is 4.42 Å². The van der Waals surface area contributed by atoms with Crippen LogP contribution in [-0.4, -0.2) is 4.57 Å².